The molecule has 4 heterocycles. The summed E-state index contributed by atoms with van der Waals surface area (Å²) < 4.78 is 0. The van der Waals surface area contributed by atoms with Gasteiger partial charge in [0.1, 0.15) is 17.0 Å². The van der Waals surface area contributed by atoms with E-state index in [1.54, 1.807) is 17.7 Å². The van der Waals surface area contributed by atoms with Crippen molar-refractivity contribution in [3.8, 4) is 0 Å². The highest BCUT2D eigenvalue weighted by Gasteiger charge is 2.41. The van der Waals surface area contributed by atoms with Gasteiger partial charge >= 0.3 is 0 Å². The minimum absolute atomic E-state index is 0.0604. The minimum atomic E-state index is 0.0604. The van der Waals surface area contributed by atoms with Gasteiger partial charge in [-0.1, -0.05) is 18.2 Å². The Bertz CT molecular complexity index is 1050. The number of benzene rings is 1. The van der Waals surface area contributed by atoms with E-state index < -0.39 is 0 Å². The predicted molar refractivity (Wildman–Crippen MR) is 118 cm³/mol. The number of aromatic nitrogens is 2. The Hall–Kier alpha value is -2.51. The Morgan fingerprint density at radius 2 is 1.90 bits per heavy atom. The summed E-state index contributed by atoms with van der Waals surface area (Å²) in [5, 5.41) is 6.42. The molecule has 1 N–H and O–H groups in total. The van der Waals surface area contributed by atoms with Crippen molar-refractivity contribution in [2.24, 2.45) is 0 Å². The molecule has 1 aromatic carbocycles. The van der Waals surface area contributed by atoms with Gasteiger partial charge in [-0.05, 0) is 49.3 Å². The number of aryl methyl sites for hydroxylation is 2. The maximum Gasteiger partial charge on any atom is 0.238 e. The van der Waals surface area contributed by atoms with Gasteiger partial charge in [-0.3, -0.25) is 9.69 Å². The summed E-state index contributed by atoms with van der Waals surface area (Å²) >= 11 is 1.68. The van der Waals surface area contributed by atoms with Crippen LogP contribution in [0, 0.1) is 13.8 Å². The molecule has 6 nitrogen and oxygen atoms in total. The zero-order chi connectivity index (χ0) is 20.0. The lowest BCUT2D eigenvalue weighted by molar-refractivity contribution is -0.117. The second-order valence-corrected chi connectivity index (χ2v) is 9.00. The van der Waals surface area contributed by atoms with E-state index in [9.17, 15) is 4.79 Å². The molecule has 2 bridgehead atoms. The fourth-order valence-corrected chi connectivity index (χ4v) is 5.65. The highest BCUT2D eigenvalue weighted by molar-refractivity contribution is 7.17. The van der Waals surface area contributed by atoms with E-state index in [-0.39, 0.29) is 5.91 Å². The van der Waals surface area contributed by atoms with Crippen LogP contribution < -0.4 is 10.2 Å². The number of rotatable bonds is 4. The van der Waals surface area contributed by atoms with Crippen molar-refractivity contribution in [2.75, 3.05) is 29.9 Å². The summed E-state index contributed by atoms with van der Waals surface area (Å²) in [5.74, 6) is 1.13. The van der Waals surface area contributed by atoms with Crippen LogP contribution in [0.5, 0.6) is 0 Å². The molecule has 3 aromatic rings. The van der Waals surface area contributed by atoms with Crippen LogP contribution in [0.1, 0.15) is 24.0 Å². The number of piperazine rings is 1. The number of nitrogens with one attached hydrogen (secondary N) is 1. The molecule has 29 heavy (non-hydrogen) atoms. The molecular formula is C22H25N5OS. The molecule has 0 radical (unpaired) electrons. The van der Waals surface area contributed by atoms with E-state index >= 15 is 0 Å². The standard InChI is InChI=1S/C22H25N5OS/c1-14-5-3-4-6-18(14)25-19(28)11-26-9-16-7-8-17(10-26)27(16)21-20-15(2)12-29-22(20)24-13-23-21/h3-6,12-13,16-17H,7-11H2,1-2H3,(H,25,28). The zero-order valence-electron chi connectivity index (χ0n) is 16.8. The number of amides is 1. The van der Waals surface area contributed by atoms with Crippen LogP contribution in [0.4, 0.5) is 11.5 Å². The van der Waals surface area contributed by atoms with E-state index in [0.29, 0.717) is 18.6 Å². The molecule has 2 fully saturated rings. The van der Waals surface area contributed by atoms with Crippen molar-refractivity contribution in [2.45, 2.75) is 38.8 Å². The van der Waals surface area contributed by atoms with Crippen molar-refractivity contribution in [1.82, 2.24) is 14.9 Å². The van der Waals surface area contributed by atoms with E-state index in [4.69, 9.17) is 0 Å². The molecule has 7 heteroatoms. The van der Waals surface area contributed by atoms with E-state index in [2.05, 4.69) is 37.4 Å². The van der Waals surface area contributed by atoms with Gasteiger partial charge in [0.2, 0.25) is 5.91 Å². The number of carbonyl (C=O) groups is 1. The van der Waals surface area contributed by atoms with Gasteiger partial charge in [-0.2, -0.15) is 0 Å². The molecule has 0 aliphatic carbocycles. The molecular weight excluding hydrogens is 382 g/mol. The lowest BCUT2D eigenvalue weighted by Gasteiger charge is -2.41. The Kier molecular flexibility index (Phi) is 4.72. The molecule has 1 amide bonds. The molecule has 2 aliphatic rings. The van der Waals surface area contributed by atoms with Crippen molar-refractivity contribution in [3.63, 3.8) is 0 Å². The second-order valence-electron chi connectivity index (χ2n) is 8.15. The van der Waals surface area contributed by atoms with Gasteiger partial charge in [-0.25, -0.2) is 9.97 Å². The Morgan fingerprint density at radius 3 is 2.66 bits per heavy atom. The third-order valence-electron chi connectivity index (χ3n) is 6.12. The highest BCUT2D eigenvalue weighted by atomic mass is 32.1. The van der Waals surface area contributed by atoms with Gasteiger partial charge in [0.05, 0.1) is 11.9 Å². The average molecular weight is 408 g/mol. The number of fused-ring (bicyclic) bond motifs is 3. The number of hydrogen-bond donors (Lipinski definition) is 1. The highest BCUT2D eigenvalue weighted by Crippen LogP contribution is 2.39. The van der Waals surface area contributed by atoms with Gasteiger partial charge in [0.25, 0.3) is 0 Å². The topological polar surface area (TPSA) is 61.4 Å². The average Bonchev–Trinajstić information content (AvgIpc) is 3.21. The Labute approximate surface area is 174 Å². The molecule has 0 saturated carbocycles. The van der Waals surface area contributed by atoms with Crippen molar-refractivity contribution in [3.05, 3.63) is 47.1 Å². The quantitative estimate of drug-likeness (QED) is 0.716. The van der Waals surface area contributed by atoms with Gasteiger partial charge in [0.15, 0.2) is 0 Å². The minimum Gasteiger partial charge on any atom is -0.347 e. The number of nitrogens with zero attached hydrogens (tertiary/aromatic N) is 4. The summed E-state index contributed by atoms with van der Waals surface area (Å²) in [4.78, 5) is 27.6. The van der Waals surface area contributed by atoms with Crippen LogP contribution in [-0.4, -0.2) is 52.5 Å². The number of thiophene rings is 1. The van der Waals surface area contributed by atoms with E-state index in [1.165, 1.54) is 10.9 Å². The lowest BCUT2D eigenvalue weighted by Crippen LogP contribution is -2.55. The summed E-state index contributed by atoms with van der Waals surface area (Å²) in [6, 6.07) is 8.72. The van der Waals surface area contributed by atoms with E-state index in [1.807, 2.05) is 31.2 Å². The first-order valence-corrected chi connectivity index (χ1v) is 11.0. The van der Waals surface area contributed by atoms with Crippen LogP contribution in [0.25, 0.3) is 10.2 Å². The van der Waals surface area contributed by atoms with Crippen LogP contribution in [0.3, 0.4) is 0 Å². The molecule has 0 spiro atoms. The predicted octanol–water partition coefficient (Wildman–Crippen LogP) is 3.60. The summed E-state index contributed by atoms with van der Waals surface area (Å²) in [6.07, 6.45) is 3.99. The largest absolute Gasteiger partial charge is 0.347 e. The summed E-state index contributed by atoms with van der Waals surface area (Å²) in [6.45, 7) is 6.38. The molecule has 2 atom stereocenters. The monoisotopic (exact) mass is 407 g/mol. The van der Waals surface area contributed by atoms with Gasteiger partial charge in [-0.15, -0.1) is 11.3 Å². The zero-order valence-corrected chi connectivity index (χ0v) is 17.6. The summed E-state index contributed by atoms with van der Waals surface area (Å²) in [5.41, 5.74) is 3.24. The van der Waals surface area contributed by atoms with Crippen LogP contribution >= 0.6 is 11.3 Å². The van der Waals surface area contributed by atoms with Gasteiger partial charge < -0.3 is 10.2 Å². The third kappa shape index (κ3) is 3.38. The van der Waals surface area contributed by atoms with Crippen LogP contribution in [-0.2, 0) is 4.79 Å². The Morgan fingerprint density at radius 1 is 1.14 bits per heavy atom. The van der Waals surface area contributed by atoms with Crippen molar-refractivity contribution < 1.29 is 4.79 Å². The number of para-hydroxylation sites is 1. The van der Waals surface area contributed by atoms with Crippen LogP contribution in [0.2, 0.25) is 0 Å². The first kappa shape index (κ1) is 18.5. The van der Waals surface area contributed by atoms with Crippen molar-refractivity contribution in [1.29, 1.82) is 0 Å². The SMILES string of the molecule is Cc1ccccc1NC(=O)CN1CC2CCC(C1)N2c1ncnc2scc(C)c12. The number of anilines is 2. The number of likely N-dealkylation sites (tertiary alicyclic amines) is 1. The van der Waals surface area contributed by atoms with Crippen molar-refractivity contribution >= 4 is 39.0 Å². The first-order chi connectivity index (χ1) is 14.1. The molecule has 2 unspecified atom stereocenters. The maximum atomic E-state index is 12.6. The van der Waals surface area contributed by atoms with E-state index in [0.717, 1.165) is 47.8 Å². The first-order valence-electron chi connectivity index (χ1n) is 10.1. The fraction of sp³-hybridized carbons (Fsp3) is 0.409. The molecule has 2 aromatic heterocycles. The molecule has 2 saturated heterocycles. The second kappa shape index (κ2) is 7.39. The van der Waals surface area contributed by atoms with Crippen LogP contribution in [0.15, 0.2) is 36.0 Å². The normalized spacial score (nSPS) is 21.7. The number of hydrogen-bond acceptors (Lipinski definition) is 6. The molecule has 5 rings (SSSR count). The Balaban J connectivity index is 1.31. The smallest absolute Gasteiger partial charge is 0.238 e. The fourth-order valence-electron chi connectivity index (χ4n) is 4.77. The summed E-state index contributed by atoms with van der Waals surface area (Å²) in [7, 11) is 0. The third-order valence-corrected chi connectivity index (χ3v) is 7.13. The molecule has 150 valence electrons. The molecule has 2 aliphatic heterocycles. The van der Waals surface area contributed by atoms with Gasteiger partial charge in [0, 0.05) is 30.9 Å². The maximum absolute atomic E-state index is 12.6. The lowest BCUT2D eigenvalue weighted by atomic mass is 10.1. The number of carbonyl (C=O) groups excluding carboxylic acids is 1.